The molecule has 0 bridgehead atoms. The summed E-state index contributed by atoms with van der Waals surface area (Å²) in [6.45, 7) is 5.79. The number of primary amides is 1. The van der Waals surface area contributed by atoms with E-state index in [9.17, 15) is 66.8 Å². The average molecular weight is 1860 g/mol. The first-order chi connectivity index (χ1) is 63.0. The number of hydrogen-bond acceptors (Lipinski definition) is 19. The number of H-pyrrole nitrogens is 1. The number of para-hydroxylation sites is 1. The van der Waals surface area contributed by atoms with Crippen molar-refractivity contribution in [1.29, 1.82) is 0 Å². The molecule has 15 amide bonds. The van der Waals surface area contributed by atoms with Crippen LogP contribution in [0.3, 0.4) is 0 Å². The van der Waals surface area contributed by atoms with Gasteiger partial charge in [0.25, 0.3) is 0 Å². The van der Waals surface area contributed by atoms with Crippen molar-refractivity contribution in [2.75, 3.05) is 66.4 Å². The summed E-state index contributed by atoms with van der Waals surface area (Å²) < 4.78 is 43.3. The molecular weight excluding hydrogens is 1750 g/mol. The van der Waals surface area contributed by atoms with Crippen LogP contribution >= 0.6 is 11.8 Å². The Labute approximate surface area is 772 Å². The van der Waals surface area contributed by atoms with Gasteiger partial charge in [-0.05, 0) is 94.5 Å². The third-order valence-corrected chi connectivity index (χ3v) is 23.5. The van der Waals surface area contributed by atoms with E-state index in [-0.39, 0.29) is 68.4 Å². The van der Waals surface area contributed by atoms with Crippen LogP contribution < -0.4 is 53.6 Å². The highest BCUT2D eigenvalue weighted by Gasteiger charge is 2.43. The number of carbonyl (C=O) groups excluding carboxylic acids is 15. The molecule has 11 atom stereocenters. The lowest BCUT2D eigenvalue weighted by Gasteiger charge is -2.37. The number of unbranched alkanes of at least 4 members (excludes halogenated alkanes) is 1. The van der Waals surface area contributed by atoms with E-state index >= 15 is 38.4 Å². The average Bonchev–Trinajstić information content (AvgIpc) is 0.832. The molecule has 6 aromatic carbocycles. The fraction of sp³-hybridized carbons (Fsp3) is 0.426. The third kappa shape index (κ3) is 31.4. The van der Waals surface area contributed by atoms with Crippen molar-refractivity contribution < 1.29 is 105 Å². The number of nitrogens with two attached hydrogens (primary N) is 1. The molecule has 11 unspecified atom stereocenters. The number of nitrogens with zero attached hydrogens (tertiary/aromatic N) is 5. The molecule has 39 heteroatoms. The van der Waals surface area contributed by atoms with Crippen LogP contribution in [-0.2, 0) is 121 Å². The van der Waals surface area contributed by atoms with Crippen molar-refractivity contribution in [3.63, 3.8) is 0 Å². The lowest BCUT2D eigenvalue weighted by atomic mass is 9.98. The Bertz CT molecular complexity index is 5270. The minimum Gasteiger partial charge on any atom is -0.508 e. The quantitative estimate of drug-likeness (QED) is 0.0437. The Morgan fingerprint density at radius 3 is 1.53 bits per heavy atom. The van der Waals surface area contributed by atoms with Crippen molar-refractivity contribution in [1.82, 2.24) is 77.3 Å². The maximum Gasteiger partial charge on any atom is 0.416 e. The number of phenols is 2. The molecule has 1 saturated heterocycles. The number of halogens is 3. The Morgan fingerprint density at radius 1 is 0.489 bits per heavy atom. The van der Waals surface area contributed by atoms with E-state index in [1.165, 1.54) is 104 Å². The van der Waals surface area contributed by atoms with Crippen LogP contribution in [0, 0.1) is 11.8 Å². The molecule has 1 aliphatic heterocycles. The summed E-state index contributed by atoms with van der Waals surface area (Å²) in [7, 11) is 6.16. The maximum absolute atomic E-state index is 15.6. The minimum atomic E-state index is -4.89. The van der Waals surface area contributed by atoms with E-state index in [0.717, 1.165) is 42.7 Å². The molecule has 15 N–H and O–H groups in total. The van der Waals surface area contributed by atoms with Gasteiger partial charge in [-0.25, -0.2) is 0 Å². The van der Waals surface area contributed by atoms with Crippen LogP contribution in [0.15, 0.2) is 164 Å². The Balaban J connectivity index is 1.23. The molecule has 0 aliphatic carbocycles. The van der Waals surface area contributed by atoms with Gasteiger partial charge < -0.3 is 98.4 Å². The highest BCUT2D eigenvalue weighted by atomic mass is 32.2. The van der Waals surface area contributed by atoms with E-state index in [1.807, 2.05) is 0 Å². The highest BCUT2D eigenvalue weighted by molar-refractivity contribution is 8.00. The van der Waals surface area contributed by atoms with Gasteiger partial charge in [0.1, 0.15) is 78.0 Å². The number of hydrogen-bond donors (Lipinski definition) is 14. The fourth-order valence-corrected chi connectivity index (χ4v) is 16.1. The monoisotopic (exact) mass is 1860 g/mol. The molecule has 1 fully saturated rings. The van der Waals surface area contributed by atoms with Crippen molar-refractivity contribution in [2.45, 2.75) is 178 Å². The second kappa shape index (κ2) is 49.4. The van der Waals surface area contributed by atoms with Gasteiger partial charge in [0.05, 0.1) is 37.4 Å². The molecule has 35 nitrogen and oxygen atoms in total. The van der Waals surface area contributed by atoms with Crippen LogP contribution in [-0.4, -0.2) is 272 Å². The normalized spacial score (nSPS) is 21.8. The van der Waals surface area contributed by atoms with Gasteiger partial charge in [0, 0.05) is 96.6 Å². The molecule has 714 valence electrons. The van der Waals surface area contributed by atoms with Gasteiger partial charge in [-0.15, -0.1) is 11.8 Å². The number of fused-ring (bicyclic) bond motifs is 1. The molecule has 133 heavy (non-hydrogen) atoms. The number of alkyl halides is 3. The van der Waals surface area contributed by atoms with Gasteiger partial charge >= 0.3 is 12.1 Å². The van der Waals surface area contributed by atoms with Crippen LogP contribution in [0.5, 0.6) is 11.5 Å². The number of aromatic amines is 1. The van der Waals surface area contributed by atoms with E-state index in [0.29, 0.717) is 56.9 Å². The maximum atomic E-state index is 15.6. The van der Waals surface area contributed by atoms with Crippen molar-refractivity contribution in [3.8, 4) is 11.5 Å². The molecular formula is C94H117F3N16O19S. The number of rotatable bonds is 23. The number of aromatic hydroxyl groups is 2. The van der Waals surface area contributed by atoms with Crippen LogP contribution in [0.1, 0.15) is 106 Å². The molecule has 0 saturated carbocycles. The predicted octanol–water partition coefficient (Wildman–Crippen LogP) is 3.35. The number of nitrogens with one attached hydrogen (secondary N) is 10. The van der Waals surface area contributed by atoms with Crippen molar-refractivity contribution >= 4 is 117 Å². The zero-order valence-corrected chi connectivity index (χ0v) is 76.5. The van der Waals surface area contributed by atoms with Crippen LogP contribution in [0.4, 0.5) is 13.2 Å². The number of phenolic OH excluding ortho intramolecular Hbond substituents is 2. The number of carboxylic acids is 1. The van der Waals surface area contributed by atoms with Crippen molar-refractivity contribution in [2.24, 2.45) is 17.6 Å². The summed E-state index contributed by atoms with van der Waals surface area (Å²) in [5, 5.41) is 55.0. The predicted molar refractivity (Wildman–Crippen MR) is 487 cm³/mol. The topological polar surface area (TPSA) is 500 Å². The zero-order chi connectivity index (χ0) is 97.7. The molecule has 1 aromatic heterocycles. The van der Waals surface area contributed by atoms with Crippen LogP contribution in [0.25, 0.3) is 10.9 Å². The number of thioether (sulfide) groups is 1. The van der Waals surface area contributed by atoms with Crippen molar-refractivity contribution in [3.05, 3.63) is 203 Å². The first-order valence-electron chi connectivity index (χ1n) is 43.4. The van der Waals surface area contributed by atoms with Gasteiger partial charge in [0.15, 0.2) is 0 Å². The Morgan fingerprint density at radius 2 is 0.962 bits per heavy atom. The van der Waals surface area contributed by atoms with E-state index in [1.54, 1.807) is 112 Å². The summed E-state index contributed by atoms with van der Waals surface area (Å²) in [6.07, 6.45) is -5.99. The van der Waals surface area contributed by atoms with Gasteiger partial charge in [-0.2, -0.15) is 13.2 Å². The van der Waals surface area contributed by atoms with Crippen LogP contribution in [0.2, 0.25) is 0 Å². The lowest BCUT2D eigenvalue weighted by molar-refractivity contribution is -0.151. The second-order valence-electron chi connectivity index (χ2n) is 33.8. The third-order valence-electron chi connectivity index (χ3n) is 22.5. The molecule has 2 heterocycles. The second-order valence-corrected chi connectivity index (χ2v) is 34.8. The molecule has 8 rings (SSSR count). The molecule has 0 radical (unpaired) electrons. The minimum absolute atomic E-state index is 0.0658. The van der Waals surface area contributed by atoms with Gasteiger partial charge in [-0.1, -0.05) is 169 Å². The summed E-state index contributed by atoms with van der Waals surface area (Å²) in [5.74, 6) is -19.2. The van der Waals surface area contributed by atoms with E-state index < -0.39 is 229 Å². The smallest absolute Gasteiger partial charge is 0.416 e. The summed E-state index contributed by atoms with van der Waals surface area (Å²) >= 11 is 0.686. The first kappa shape index (κ1) is 104. The highest BCUT2D eigenvalue weighted by Crippen LogP contribution is 2.31. The molecule has 0 spiro atoms. The number of aromatic nitrogens is 1. The molecule has 7 aromatic rings. The number of likely N-dealkylation sites (N-methyl/N-ethyl adjacent to an activating group) is 5. The van der Waals surface area contributed by atoms with Gasteiger partial charge in [-0.3, -0.25) is 76.7 Å². The summed E-state index contributed by atoms with van der Waals surface area (Å²) in [4.78, 5) is 243. The largest absolute Gasteiger partial charge is 0.508 e. The van der Waals surface area contributed by atoms with E-state index in [4.69, 9.17) is 5.73 Å². The standard InChI is InChI=1S/C94H117F3N16O19S/c1-11-12-30-74-91(130)110(7)51-79(118)102-70(47-81(120)121)87(126)108-82(55(4)5)93(132)112(9)75(44-56-22-15-13-16-23-56)88(127)106-71(42-59-33-37-64(115)38-34-59)89(128)109(6)50-78(117)101-69(46-61-48-99-66-29-20-19-28-65(61)66)86(125)105-68(41-58-31-35-63(114)36-32-58)85(124)104-67(39-54(2)3)84(123)107-73(83(122)100-49-77(98)116)52-133-53-80(119)103-72(43-60-26-21-27-62(40-60)94(95,96)97)90(129)113(10)76(92(131)111(74)8)45-57-24-17-14-18-25-57/h13-29,31-38,40,48,54-55,67-76,82,99,114-115H,11-12,30,39,41-47,49-53H2,1-10H3,(H2,98,116)(H,100,122)(H,101,117)(H,102,118)(H,103,119)(H,104,124)(H,105,125)(H,106,127)(H,107,123)(H,108,126)(H,120,121). The summed E-state index contributed by atoms with van der Waals surface area (Å²) in [6, 6.07) is 20.6. The zero-order valence-electron chi connectivity index (χ0n) is 75.6. The number of benzene rings is 6. The fourth-order valence-electron chi connectivity index (χ4n) is 15.2. The number of carbonyl (C=O) groups is 16. The summed E-state index contributed by atoms with van der Waals surface area (Å²) in [5.41, 5.74) is 7.00. The Hall–Kier alpha value is -13.9. The SMILES string of the molecule is CCCCC1C(=O)N(C)CC(=O)NC(CC(=O)O)C(=O)NC(C(C)C)C(=O)N(C)C(Cc2ccccc2)C(=O)NC(Cc2ccc(O)cc2)C(=O)N(C)CC(=O)NC(Cc2c[nH]c3ccccc23)C(=O)NC(Cc2ccc(O)cc2)C(=O)NC(CC(C)C)C(=O)NC(C(=O)NCC(N)=O)CSCC(=O)NC(Cc2cccc(C(F)(F)F)c2)C(=O)N(C)C(Cc2ccccc2)C(=O)N1C. The first-order valence-corrected chi connectivity index (χ1v) is 44.5. The number of aliphatic carboxylic acids is 1. The number of amides is 15. The lowest BCUT2D eigenvalue weighted by Crippen LogP contribution is -2.61. The molecule has 1 aliphatic rings. The number of carboxylic acid groups (broad SMARTS) is 1. The van der Waals surface area contributed by atoms with Gasteiger partial charge in [0.2, 0.25) is 88.6 Å². The van der Waals surface area contributed by atoms with E-state index in [2.05, 4.69) is 52.8 Å². The Kier molecular flexibility index (Phi) is 38.8.